The van der Waals surface area contributed by atoms with Gasteiger partial charge in [0.2, 0.25) is 0 Å². The van der Waals surface area contributed by atoms with E-state index < -0.39 is 11.7 Å². The highest BCUT2D eigenvalue weighted by Gasteiger charge is 2.37. The van der Waals surface area contributed by atoms with E-state index in [-0.39, 0.29) is 17.2 Å². The van der Waals surface area contributed by atoms with Crippen molar-refractivity contribution in [2.45, 2.75) is 57.7 Å². The van der Waals surface area contributed by atoms with Crippen molar-refractivity contribution in [2.24, 2.45) is 5.92 Å². The maximum absolute atomic E-state index is 13.8. The molecule has 0 unspecified atom stereocenters. The molecule has 0 amide bonds. The smallest absolute Gasteiger partial charge is 0.420 e. The van der Waals surface area contributed by atoms with Crippen LogP contribution in [0.25, 0.3) is 10.8 Å². The summed E-state index contributed by atoms with van der Waals surface area (Å²) in [7, 11) is 0. The van der Waals surface area contributed by atoms with Crippen LogP contribution in [0.1, 0.15) is 50.2 Å². The Morgan fingerprint density at radius 2 is 1.81 bits per heavy atom. The van der Waals surface area contributed by atoms with Crippen molar-refractivity contribution in [3.63, 3.8) is 0 Å². The predicted molar refractivity (Wildman–Crippen MR) is 103 cm³/mol. The number of fused-ring (bicyclic) bond motifs is 1. The van der Waals surface area contributed by atoms with Gasteiger partial charge in [0.1, 0.15) is 11.3 Å². The third-order valence-electron chi connectivity index (χ3n) is 5.19. The lowest BCUT2D eigenvalue weighted by molar-refractivity contribution is -0.138. The molecule has 1 saturated carbocycles. The zero-order valence-corrected chi connectivity index (χ0v) is 16.5. The number of aryl methyl sites for hydroxylation is 1. The molecule has 1 fully saturated rings. The van der Waals surface area contributed by atoms with Crippen LogP contribution in [0.5, 0.6) is 5.75 Å². The Bertz CT molecular complexity index is 749. The first-order chi connectivity index (χ1) is 12.4. The zero-order valence-electron chi connectivity index (χ0n) is 14.9. The van der Waals surface area contributed by atoms with Crippen LogP contribution < -0.4 is 4.74 Å². The van der Waals surface area contributed by atoms with Gasteiger partial charge in [-0.2, -0.15) is 13.2 Å². The van der Waals surface area contributed by atoms with Gasteiger partial charge in [0.15, 0.2) is 0 Å². The molecule has 26 heavy (non-hydrogen) atoms. The van der Waals surface area contributed by atoms with Gasteiger partial charge in [-0.3, -0.25) is 0 Å². The topological polar surface area (TPSA) is 9.23 Å². The number of alkyl halides is 4. The van der Waals surface area contributed by atoms with Gasteiger partial charge in [-0.25, -0.2) is 0 Å². The summed E-state index contributed by atoms with van der Waals surface area (Å²) in [4.78, 5) is 0. The monoisotopic (exact) mass is 428 g/mol. The fourth-order valence-corrected chi connectivity index (χ4v) is 3.98. The third kappa shape index (κ3) is 4.54. The SMILES string of the molecule is C[C@H]1CC[C@@H](Oc2ccc3cc(CCCBr)ccc3c2C(F)(F)F)CC1. The fraction of sp³-hybridized carbons (Fsp3) is 0.524. The van der Waals surface area contributed by atoms with Gasteiger partial charge in [0, 0.05) is 5.33 Å². The second-order valence-corrected chi connectivity index (χ2v) is 8.08. The highest BCUT2D eigenvalue weighted by molar-refractivity contribution is 9.09. The number of rotatable bonds is 5. The van der Waals surface area contributed by atoms with Gasteiger partial charge >= 0.3 is 6.18 Å². The summed E-state index contributed by atoms with van der Waals surface area (Å²) in [5.41, 5.74) is 0.417. The minimum Gasteiger partial charge on any atom is -0.490 e. The Labute approximate surface area is 161 Å². The molecule has 0 spiro atoms. The molecule has 5 heteroatoms. The summed E-state index contributed by atoms with van der Waals surface area (Å²) in [6.45, 7) is 2.18. The van der Waals surface area contributed by atoms with E-state index in [1.54, 1.807) is 18.2 Å². The maximum atomic E-state index is 13.8. The summed E-state index contributed by atoms with van der Waals surface area (Å²) in [6.07, 6.45) is 0.911. The highest BCUT2D eigenvalue weighted by Crippen LogP contribution is 2.42. The quantitative estimate of drug-likeness (QED) is 0.459. The average Bonchev–Trinajstić information content (AvgIpc) is 2.60. The molecule has 0 bridgehead atoms. The fourth-order valence-electron chi connectivity index (χ4n) is 3.70. The van der Waals surface area contributed by atoms with Crippen molar-refractivity contribution in [1.82, 2.24) is 0 Å². The first-order valence-corrected chi connectivity index (χ1v) is 10.4. The molecule has 142 valence electrons. The molecule has 0 N–H and O–H groups in total. The summed E-state index contributed by atoms with van der Waals surface area (Å²) >= 11 is 3.39. The van der Waals surface area contributed by atoms with E-state index in [1.165, 1.54) is 6.07 Å². The van der Waals surface area contributed by atoms with Crippen LogP contribution in [-0.2, 0) is 12.6 Å². The van der Waals surface area contributed by atoms with Crippen LogP contribution in [0, 0.1) is 5.92 Å². The number of ether oxygens (including phenoxy) is 1. The molecule has 3 rings (SSSR count). The van der Waals surface area contributed by atoms with E-state index in [2.05, 4.69) is 22.9 Å². The Kier molecular flexibility index (Phi) is 6.16. The summed E-state index contributed by atoms with van der Waals surface area (Å²) in [6, 6.07) is 8.50. The molecule has 0 aliphatic heterocycles. The maximum Gasteiger partial charge on any atom is 0.420 e. The van der Waals surface area contributed by atoms with Gasteiger partial charge in [0.05, 0.1) is 6.10 Å². The van der Waals surface area contributed by atoms with Crippen molar-refractivity contribution in [3.05, 3.63) is 41.5 Å². The van der Waals surface area contributed by atoms with E-state index in [0.29, 0.717) is 11.3 Å². The van der Waals surface area contributed by atoms with E-state index in [1.807, 2.05) is 6.07 Å². The Morgan fingerprint density at radius 1 is 1.08 bits per heavy atom. The first-order valence-electron chi connectivity index (χ1n) is 9.24. The lowest BCUT2D eigenvalue weighted by atomic mass is 9.89. The molecule has 1 aliphatic carbocycles. The summed E-state index contributed by atoms with van der Waals surface area (Å²) in [5.74, 6) is 0.601. The highest BCUT2D eigenvalue weighted by atomic mass is 79.9. The number of halogens is 4. The van der Waals surface area contributed by atoms with E-state index in [0.717, 1.165) is 49.4 Å². The lowest BCUT2D eigenvalue weighted by Crippen LogP contribution is -2.24. The van der Waals surface area contributed by atoms with Gasteiger partial charge in [0.25, 0.3) is 0 Å². The minimum atomic E-state index is -4.44. The molecule has 1 nitrogen and oxygen atoms in total. The zero-order chi connectivity index (χ0) is 18.7. The van der Waals surface area contributed by atoms with Crippen LogP contribution in [0.3, 0.4) is 0 Å². The van der Waals surface area contributed by atoms with Crippen molar-refractivity contribution in [1.29, 1.82) is 0 Å². The second kappa shape index (κ2) is 8.20. The second-order valence-electron chi connectivity index (χ2n) is 7.28. The van der Waals surface area contributed by atoms with Gasteiger partial charge in [-0.1, -0.05) is 47.1 Å². The number of benzene rings is 2. The minimum absolute atomic E-state index is 0.0299. The molecular formula is C21H24BrF3O. The molecule has 2 aromatic carbocycles. The standard InChI is InChI=1S/C21H24BrF3O/c1-14-4-8-17(9-5-14)26-19-11-7-16-13-15(3-2-12-22)6-10-18(16)20(19)21(23,24)25/h6-7,10-11,13-14,17H,2-5,8-9,12H2,1H3/t14-,17+. The van der Waals surface area contributed by atoms with Crippen molar-refractivity contribution < 1.29 is 17.9 Å². The van der Waals surface area contributed by atoms with Crippen molar-refractivity contribution in [3.8, 4) is 5.75 Å². The van der Waals surface area contributed by atoms with Crippen LogP contribution in [0.4, 0.5) is 13.2 Å². The predicted octanol–water partition coefficient (Wildman–Crippen LogP) is 7.14. The number of hydrogen-bond acceptors (Lipinski definition) is 1. The molecule has 2 aromatic rings. The molecule has 0 radical (unpaired) electrons. The Balaban J connectivity index is 1.95. The normalized spacial score (nSPS) is 21.1. The van der Waals surface area contributed by atoms with Crippen molar-refractivity contribution >= 4 is 26.7 Å². The van der Waals surface area contributed by atoms with E-state index in [9.17, 15) is 13.2 Å². The molecule has 0 heterocycles. The molecule has 0 aromatic heterocycles. The summed E-state index contributed by atoms with van der Waals surface area (Å²) < 4.78 is 47.3. The van der Waals surface area contributed by atoms with E-state index in [4.69, 9.17) is 4.74 Å². The number of hydrogen-bond donors (Lipinski definition) is 0. The molecule has 0 atom stereocenters. The average molecular weight is 429 g/mol. The van der Waals surface area contributed by atoms with Crippen LogP contribution >= 0.6 is 15.9 Å². The van der Waals surface area contributed by atoms with Crippen molar-refractivity contribution in [2.75, 3.05) is 5.33 Å². The molecule has 1 aliphatic rings. The van der Waals surface area contributed by atoms with E-state index >= 15 is 0 Å². The van der Waals surface area contributed by atoms with Gasteiger partial charge in [-0.05, 0) is 66.8 Å². The summed E-state index contributed by atoms with van der Waals surface area (Å²) in [5, 5.41) is 1.72. The van der Waals surface area contributed by atoms with Gasteiger partial charge < -0.3 is 4.74 Å². The first kappa shape index (κ1) is 19.5. The Hall–Kier alpha value is -1.23. The molecular weight excluding hydrogens is 405 g/mol. The van der Waals surface area contributed by atoms with Crippen LogP contribution in [0.2, 0.25) is 0 Å². The van der Waals surface area contributed by atoms with Crippen LogP contribution in [-0.4, -0.2) is 11.4 Å². The largest absolute Gasteiger partial charge is 0.490 e. The van der Waals surface area contributed by atoms with Crippen LogP contribution in [0.15, 0.2) is 30.3 Å². The molecule has 0 saturated heterocycles. The van der Waals surface area contributed by atoms with Gasteiger partial charge in [-0.15, -0.1) is 0 Å². The third-order valence-corrected chi connectivity index (χ3v) is 5.75. The Morgan fingerprint density at radius 3 is 2.46 bits per heavy atom. The lowest BCUT2D eigenvalue weighted by Gasteiger charge is -2.28.